The van der Waals surface area contributed by atoms with Crippen molar-refractivity contribution in [2.75, 3.05) is 25.2 Å². The Morgan fingerprint density at radius 1 is 1.37 bits per heavy atom. The molecule has 0 saturated carbocycles. The third-order valence-electron chi connectivity index (χ3n) is 3.77. The van der Waals surface area contributed by atoms with E-state index in [1.54, 1.807) is 18.1 Å². The Hall–Kier alpha value is -1.69. The van der Waals surface area contributed by atoms with Crippen LogP contribution in [-0.4, -0.2) is 46.1 Å². The molecule has 19 heavy (non-hydrogen) atoms. The number of fused-ring (bicyclic) bond motifs is 1. The van der Waals surface area contributed by atoms with Crippen molar-refractivity contribution in [3.8, 4) is 0 Å². The zero-order chi connectivity index (χ0) is 13.2. The summed E-state index contributed by atoms with van der Waals surface area (Å²) in [7, 11) is 3.66. The quantitative estimate of drug-likeness (QED) is 0.835. The fraction of sp³-hybridized carbons (Fsp3) is 0.615. The maximum Gasteiger partial charge on any atom is 0.163 e. The molecule has 1 atom stereocenters. The zero-order valence-electron chi connectivity index (χ0n) is 11.4. The predicted molar refractivity (Wildman–Crippen MR) is 73.2 cm³/mol. The SMILES string of the molecule is COCC1CCCCN1c1ncnc2c1cnn2C. The lowest BCUT2D eigenvalue weighted by molar-refractivity contribution is 0.166. The van der Waals surface area contributed by atoms with E-state index in [4.69, 9.17) is 4.74 Å². The molecule has 1 aliphatic heterocycles. The zero-order valence-corrected chi connectivity index (χ0v) is 11.4. The van der Waals surface area contributed by atoms with Gasteiger partial charge in [0.2, 0.25) is 0 Å². The van der Waals surface area contributed by atoms with Gasteiger partial charge in [-0.2, -0.15) is 5.10 Å². The standard InChI is InChI=1S/C13H19N5O/c1-17-12-11(7-16-17)13(15-9-14-12)18-6-4-3-5-10(18)8-19-2/h7,9-10H,3-6,8H2,1-2H3. The van der Waals surface area contributed by atoms with Crippen LogP contribution < -0.4 is 4.90 Å². The summed E-state index contributed by atoms with van der Waals surface area (Å²) in [5.74, 6) is 0.986. The fourth-order valence-electron chi connectivity index (χ4n) is 2.82. The van der Waals surface area contributed by atoms with Gasteiger partial charge in [-0.1, -0.05) is 0 Å². The molecule has 3 heterocycles. The van der Waals surface area contributed by atoms with E-state index in [1.807, 2.05) is 13.2 Å². The third-order valence-corrected chi connectivity index (χ3v) is 3.77. The lowest BCUT2D eigenvalue weighted by atomic mass is 10.0. The van der Waals surface area contributed by atoms with Gasteiger partial charge >= 0.3 is 0 Å². The van der Waals surface area contributed by atoms with E-state index < -0.39 is 0 Å². The Kier molecular flexibility index (Phi) is 3.33. The lowest BCUT2D eigenvalue weighted by Crippen LogP contribution is -2.42. The molecule has 1 unspecified atom stereocenters. The largest absolute Gasteiger partial charge is 0.383 e. The molecule has 0 N–H and O–H groups in total. The number of methoxy groups -OCH3 is 1. The minimum absolute atomic E-state index is 0.400. The second-order valence-electron chi connectivity index (χ2n) is 5.00. The Bertz CT molecular complexity index is 565. The number of ether oxygens (including phenoxy) is 1. The molecule has 1 saturated heterocycles. The number of hydrogen-bond acceptors (Lipinski definition) is 5. The Balaban J connectivity index is 2.01. The molecular formula is C13H19N5O. The van der Waals surface area contributed by atoms with E-state index in [2.05, 4.69) is 20.0 Å². The van der Waals surface area contributed by atoms with E-state index in [-0.39, 0.29) is 0 Å². The van der Waals surface area contributed by atoms with Gasteiger partial charge in [-0.15, -0.1) is 0 Å². The van der Waals surface area contributed by atoms with Gasteiger partial charge in [-0.25, -0.2) is 9.97 Å². The number of rotatable bonds is 3. The molecule has 2 aromatic rings. The van der Waals surface area contributed by atoms with Crippen molar-refractivity contribution < 1.29 is 4.74 Å². The van der Waals surface area contributed by atoms with Crippen LogP contribution in [0.3, 0.4) is 0 Å². The number of aryl methyl sites for hydroxylation is 1. The smallest absolute Gasteiger partial charge is 0.163 e. The first-order valence-corrected chi connectivity index (χ1v) is 6.69. The van der Waals surface area contributed by atoms with Crippen molar-refractivity contribution in [3.63, 3.8) is 0 Å². The van der Waals surface area contributed by atoms with Crippen molar-refractivity contribution in [3.05, 3.63) is 12.5 Å². The monoisotopic (exact) mass is 261 g/mol. The van der Waals surface area contributed by atoms with Crippen LogP contribution in [0.25, 0.3) is 11.0 Å². The molecule has 2 aromatic heterocycles. The highest BCUT2D eigenvalue weighted by Gasteiger charge is 2.25. The van der Waals surface area contributed by atoms with Crippen LogP contribution in [0, 0.1) is 0 Å². The van der Waals surface area contributed by atoms with Gasteiger partial charge in [0.25, 0.3) is 0 Å². The topological polar surface area (TPSA) is 56.1 Å². The molecule has 0 amide bonds. The molecule has 1 fully saturated rings. The first-order valence-electron chi connectivity index (χ1n) is 6.69. The van der Waals surface area contributed by atoms with Crippen molar-refractivity contribution in [1.29, 1.82) is 0 Å². The van der Waals surface area contributed by atoms with Crippen LogP contribution in [0.5, 0.6) is 0 Å². The molecule has 0 aromatic carbocycles. The fourth-order valence-corrected chi connectivity index (χ4v) is 2.82. The van der Waals surface area contributed by atoms with Crippen LogP contribution >= 0.6 is 0 Å². The summed E-state index contributed by atoms with van der Waals surface area (Å²) in [5.41, 5.74) is 0.881. The molecule has 6 heteroatoms. The van der Waals surface area contributed by atoms with Crippen molar-refractivity contribution in [2.24, 2.45) is 7.05 Å². The molecule has 0 aliphatic carbocycles. The maximum absolute atomic E-state index is 5.34. The highest BCUT2D eigenvalue weighted by atomic mass is 16.5. The minimum Gasteiger partial charge on any atom is -0.383 e. The summed E-state index contributed by atoms with van der Waals surface area (Å²) in [6, 6.07) is 0.400. The van der Waals surface area contributed by atoms with Gasteiger partial charge in [-0.05, 0) is 19.3 Å². The molecule has 3 rings (SSSR count). The van der Waals surface area contributed by atoms with Crippen LogP contribution in [0.15, 0.2) is 12.5 Å². The summed E-state index contributed by atoms with van der Waals surface area (Å²) >= 11 is 0. The van der Waals surface area contributed by atoms with E-state index in [9.17, 15) is 0 Å². The van der Waals surface area contributed by atoms with E-state index in [0.29, 0.717) is 6.04 Å². The number of aromatic nitrogens is 4. The van der Waals surface area contributed by atoms with Gasteiger partial charge < -0.3 is 9.64 Å². The number of piperidine rings is 1. The second kappa shape index (κ2) is 5.13. The first-order chi connectivity index (χ1) is 9.31. The number of nitrogens with zero attached hydrogens (tertiary/aromatic N) is 5. The third kappa shape index (κ3) is 2.16. The van der Waals surface area contributed by atoms with Gasteiger partial charge in [0.05, 0.1) is 24.2 Å². The van der Waals surface area contributed by atoms with E-state index >= 15 is 0 Å². The van der Waals surface area contributed by atoms with Gasteiger partial charge in [0.1, 0.15) is 12.1 Å². The predicted octanol–water partition coefficient (Wildman–Crippen LogP) is 1.37. The summed E-state index contributed by atoms with van der Waals surface area (Å²) in [5, 5.41) is 5.30. The van der Waals surface area contributed by atoms with Crippen LogP contribution in [0.1, 0.15) is 19.3 Å². The minimum atomic E-state index is 0.400. The number of anilines is 1. The van der Waals surface area contributed by atoms with Crippen LogP contribution in [0.4, 0.5) is 5.82 Å². The molecule has 0 radical (unpaired) electrons. The van der Waals surface area contributed by atoms with E-state index in [0.717, 1.165) is 36.4 Å². The summed E-state index contributed by atoms with van der Waals surface area (Å²) in [6.07, 6.45) is 7.08. The van der Waals surface area contributed by atoms with Crippen molar-refractivity contribution in [2.45, 2.75) is 25.3 Å². The average Bonchev–Trinajstić information content (AvgIpc) is 2.82. The summed E-state index contributed by atoms with van der Waals surface area (Å²) in [6.45, 7) is 1.76. The second-order valence-corrected chi connectivity index (χ2v) is 5.00. The van der Waals surface area contributed by atoms with Crippen LogP contribution in [-0.2, 0) is 11.8 Å². The molecule has 1 aliphatic rings. The summed E-state index contributed by atoms with van der Waals surface area (Å²) in [4.78, 5) is 11.1. The maximum atomic E-state index is 5.34. The Morgan fingerprint density at radius 2 is 2.26 bits per heavy atom. The van der Waals surface area contributed by atoms with Crippen molar-refractivity contribution >= 4 is 16.9 Å². The normalized spacial score (nSPS) is 20.1. The van der Waals surface area contributed by atoms with Gasteiger partial charge in [0.15, 0.2) is 5.65 Å². The summed E-state index contributed by atoms with van der Waals surface area (Å²) < 4.78 is 7.13. The van der Waals surface area contributed by atoms with Crippen LogP contribution in [0.2, 0.25) is 0 Å². The highest BCUT2D eigenvalue weighted by molar-refractivity contribution is 5.86. The van der Waals surface area contributed by atoms with Gasteiger partial charge in [-0.3, -0.25) is 4.68 Å². The molecule has 6 nitrogen and oxygen atoms in total. The molecular weight excluding hydrogens is 242 g/mol. The van der Waals surface area contributed by atoms with E-state index in [1.165, 1.54) is 12.8 Å². The average molecular weight is 261 g/mol. The molecule has 102 valence electrons. The first kappa shape index (κ1) is 12.3. The highest BCUT2D eigenvalue weighted by Crippen LogP contribution is 2.28. The van der Waals surface area contributed by atoms with Crippen molar-refractivity contribution in [1.82, 2.24) is 19.7 Å². The molecule has 0 bridgehead atoms. The Morgan fingerprint density at radius 3 is 3.11 bits per heavy atom. The Labute approximate surface area is 112 Å². The van der Waals surface area contributed by atoms with Gasteiger partial charge in [0, 0.05) is 20.7 Å². The lowest BCUT2D eigenvalue weighted by Gasteiger charge is -2.36. The molecule has 0 spiro atoms. The number of hydrogen-bond donors (Lipinski definition) is 0.